The minimum absolute atomic E-state index is 1.06. The fourth-order valence-corrected chi connectivity index (χ4v) is 1.07. The van der Waals surface area contributed by atoms with E-state index in [4.69, 9.17) is 0 Å². The molecule has 0 heteroatoms. The van der Waals surface area contributed by atoms with Crippen molar-refractivity contribution in [3.8, 4) is 0 Å². The summed E-state index contributed by atoms with van der Waals surface area (Å²) in [5.74, 6) is 0. The number of hydrogen-bond acceptors (Lipinski definition) is 0. The molecule has 0 spiro atoms. The summed E-state index contributed by atoms with van der Waals surface area (Å²) < 4.78 is 0. The van der Waals surface area contributed by atoms with Crippen molar-refractivity contribution in [3.63, 3.8) is 0 Å². The van der Waals surface area contributed by atoms with Crippen molar-refractivity contribution < 1.29 is 0 Å². The summed E-state index contributed by atoms with van der Waals surface area (Å²) in [6.45, 7) is 0. The van der Waals surface area contributed by atoms with Crippen LogP contribution >= 0.6 is 0 Å². The highest BCUT2D eigenvalue weighted by molar-refractivity contribution is 5.00. The Kier molecular flexibility index (Phi) is 4.51. The second kappa shape index (κ2) is 5.96. The van der Waals surface area contributed by atoms with Crippen LogP contribution < -0.4 is 0 Å². The fourth-order valence-electron chi connectivity index (χ4n) is 1.07. The minimum atomic E-state index is 1.06. The molecule has 11 heavy (non-hydrogen) atoms. The van der Waals surface area contributed by atoms with E-state index in [1.807, 2.05) is 6.08 Å². The molecule has 1 rings (SSSR count). The molecule has 0 aliphatic heterocycles. The van der Waals surface area contributed by atoms with E-state index in [2.05, 4.69) is 30.4 Å². The van der Waals surface area contributed by atoms with Crippen molar-refractivity contribution in [3.05, 3.63) is 36.5 Å². The first kappa shape index (κ1) is 8.32. The van der Waals surface area contributed by atoms with Gasteiger partial charge in [-0.1, -0.05) is 30.4 Å². The summed E-state index contributed by atoms with van der Waals surface area (Å²) in [7, 11) is 0. The van der Waals surface area contributed by atoms with Gasteiger partial charge in [-0.2, -0.15) is 0 Å². The Morgan fingerprint density at radius 2 is 1.73 bits per heavy atom. The number of rotatable bonds is 0. The fraction of sp³-hybridized carbons (Fsp3) is 0.455. The molecule has 0 nitrogen and oxygen atoms in total. The molecule has 1 radical (unpaired) electrons. The largest absolute Gasteiger partial charge is 0.0885 e. The number of hydrogen-bond donors (Lipinski definition) is 0. The summed E-state index contributed by atoms with van der Waals surface area (Å²) in [6, 6.07) is 0. The Morgan fingerprint density at radius 1 is 0.909 bits per heavy atom. The second-order valence-corrected chi connectivity index (χ2v) is 2.74. The molecule has 0 saturated heterocycles. The van der Waals surface area contributed by atoms with Gasteiger partial charge in [-0.05, 0) is 38.2 Å². The normalized spacial score (nSPS) is 28.4. The predicted octanol–water partition coefficient (Wildman–Crippen LogP) is 3.42. The molecule has 0 aromatic rings. The molecule has 0 fully saturated rings. The van der Waals surface area contributed by atoms with Gasteiger partial charge >= 0.3 is 0 Å². The van der Waals surface area contributed by atoms with Crippen molar-refractivity contribution >= 4 is 0 Å². The summed E-state index contributed by atoms with van der Waals surface area (Å²) in [5.41, 5.74) is 0. The highest BCUT2D eigenvalue weighted by Crippen LogP contribution is 2.02. The van der Waals surface area contributed by atoms with E-state index < -0.39 is 0 Å². The molecule has 0 aromatic carbocycles. The van der Waals surface area contributed by atoms with Crippen molar-refractivity contribution in [2.75, 3.05) is 0 Å². The monoisotopic (exact) mass is 147 g/mol. The lowest BCUT2D eigenvalue weighted by atomic mass is 10.2. The zero-order valence-corrected chi connectivity index (χ0v) is 6.92. The molecular weight excluding hydrogens is 132 g/mol. The minimum Gasteiger partial charge on any atom is -0.0885 e. The van der Waals surface area contributed by atoms with E-state index in [1.165, 1.54) is 19.3 Å². The van der Waals surface area contributed by atoms with Crippen LogP contribution in [-0.4, -0.2) is 0 Å². The van der Waals surface area contributed by atoms with Gasteiger partial charge in [0.25, 0.3) is 0 Å². The van der Waals surface area contributed by atoms with Crippen LogP contribution in [0.3, 0.4) is 0 Å². The van der Waals surface area contributed by atoms with Crippen LogP contribution in [0.2, 0.25) is 0 Å². The van der Waals surface area contributed by atoms with Crippen molar-refractivity contribution in [1.82, 2.24) is 0 Å². The van der Waals surface area contributed by atoms with Crippen molar-refractivity contribution in [2.45, 2.75) is 32.1 Å². The Labute approximate surface area is 69.3 Å². The van der Waals surface area contributed by atoms with Gasteiger partial charge < -0.3 is 0 Å². The van der Waals surface area contributed by atoms with E-state index in [0.717, 1.165) is 12.8 Å². The van der Waals surface area contributed by atoms with Gasteiger partial charge in [-0.3, -0.25) is 0 Å². The molecule has 1 aliphatic rings. The summed E-state index contributed by atoms with van der Waals surface area (Å²) in [4.78, 5) is 0. The van der Waals surface area contributed by atoms with Gasteiger partial charge in [0.2, 0.25) is 0 Å². The molecule has 0 aromatic heterocycles. The molecule has 0 saturated carbocycles. The summed E-state index contributed by atoms with van der Waals surface area (Å²) in [5, 5.41) is 0. The zero-order chi connectivity index (χ0) is 7.78. The van der Waals surface area contributed by atoms with Crippen molar-refractivity contribution in [2.24, 2.45) is 0 Å². The van der Waals surface area contributed by atoms with Gasteiger partial charge in [0.05, 0.1) is 0 Å². The van der Waals surface area contributed by atoms with E-state index in [0.29, 0.717) is 0 Å². The van der Waals surface area contributed by atoms with Crippen LogP contribution in [0.4, 0.5) is 0 Å². The third-order valence-electron chi connectivity index (χ3n) is 1.71. The van der Waals surface area contributed by atoms with Gasteiger partial charge in [0.1, 0.15) is 0 Å². The first-order valence-electron chi connectivity index (χ1n) is 4.37. The van der Waals surface area contributed by atoms with E-state index in [-0.39, 0.29) is 0 Å². The molecule has 0 heterocycles. The standard InChI is InChI=1S/C11H15/c1-2-4-6-8-10-11-9-7-5-3-1/h1-3,10-11H,4,6-9H2/b2-1-,5-3?,11-10-. The van der Waals surface area contributed by atoms with Gasteiger partial charge in [0.15, 0.2) is 0 Å². The highest BCUT2D eigenvalue weighted by atomic mass is 13.9. The average Bonchev–Trinajstić information content (AvgIpc) is 2.08. The lowest BCUT2D eigenvalue weighted by molar-refractivity contribution is 0.863. The van der Waals surface area contributed by atoms with Crippen LogP contribution in [0.15, 0.2) is 30.4 Å². The van der Waals surface area contributed by atoms with Gasteiger partial charge in [-0.15, -0.1) is 0 Å². The second-order valence-electron chi connectivity index (χ2n) is 2.74. The molecule has 59 valence electrons. The zero-order valence-electron chi connectivity index (χ0n) is 6.92. The lowest BCUT2D eigenvalue weighted by Gasteiger charge is -1.88. The molecule has 0 atom stereocenters. The molecule has 0 amide bonds. The van der Waals surface area contributed by atoms with E-state index in [1.54, 1.807) is 0 Å². The third-order valence-corrected chi connectivity index (χ3v) is 1.71. The molecule has 0 bridgehead atoms. The lowest BCUT2D eigenvalue weighted by Crippen LogP contribution is -1.68. The van der Waals surface area contributed by atoms with Crippen LogP contribution in [0.1, 0.15) is 32.1 Å². The predicted molar refractivity (Wildman–Crippen MR) is 49.2 cm³/mol. The average molecular weight is 147 g/mol. The van der Waals surface area contributed by atoms with Crippen LogP contribution in [0, 0.1) is 6.08 Å². The van der Waals surface area contributed by atoms with Crippen LogP contribution in [-0.2, 0) is 0 Å². The quantitative estimate of drug-likeness (QED) is 0.460. The molecule has 0 N–H and O–H groups in total. The SMILES string of the molecule is [C]1=C\C=C/CCC/C=C\CC/1. The maximum absolute atomic E-state index is 3.22. The van der Waals surface area contributed by atoms with Crippen molar-refractivity contribution in [1.29, 1.82) is 0 Å². The van der Waals surface area contributed by atoms with Gasteiger partial charge in [-0.25, -0.2) is 0 Å². The third kappa shape index (κ3) is 4.60. The maximum Gasteiger partial charge on any atom is -0.0241 e. The Bertz CT molecular complexity index is 161. The van der Waals surface area contributed by atoms with Gasteiger partial charge in [0, 0.05) is 0 Å². The maximum atomic E-state index is 3.22. The summed E-state index contributed by atoms with van der Waals surface area (Å²) >= 11 is 0. The summed E-state index contributed by atoms with van der Waals surface area (Å²) in [6.07, 6.45) is 20.0. The highest BCUT2D eigenvalue weighted by Gasteiger charge is 1.82. The Morgan fingerprint density at radius 3 is 2.73 bits per heavy atom. The molecule has 0 unspecified atom stereocenters. The van der Waals surface area contributed by atoms with E-state index >= 15 is 0 Å². The Balaban J connectivity index is 2.34. The first-order chi connectivity index (χ1) is 5.50. The van der Waals surface area contributed by atoms with Crippen LogP contribution in [0.25, 0.3) is 0 Å². The smallest absolute Gasteiger partial charge is 0.0241 e. The molecular formula is C11H15. The van der Waals surface area contributed by atoms with Crippen LogP contribution in [0.5, 0.6) is 0 Å². The van der Waals surface area contributed by atoms with E-state index in [9.17, 15) is 0 Å². The number of allylic oxidation sites excluding steroid dienone is 6. The first-order valence-corrected chi connectivity index (χ1v) is 4.37. The molecule has 1 aliphatic carbocycles. The topological polar surface area (TPSA) is 0 Å². The Hall–Kier alpha value is -0.780.